The molecular formula is C24H24ClN3OS2. The van der Waals surface area contributed by atoms with Crippen molar-refractivity contribution in [1.29, 1.82) is 5.26 Å². The molecule has 0 saturated carbocycles. The Morgan fingerprint density at radius 3 is 2.58 bits per heavy atom. The Morgan fingerprint density at radius 1 is 1.29 bits per heavy atom. The van der Waals surface area contributed by atoms with Crippen molar-refractivity contribution in [3.05, 3.63) is 68.5 Å². The summed E-state index contributed by atoms with van der Waals surface area (Å²) >= 11 is 9.44. The van der Waals surface area contributed by atoms with Gasteiger partial charge in [0.25, 0.3) is 0 Å². The number of thiophene rings is 1. The van der Waals surface area contributed by atoms with E-state index in [1.54, 1.807) is 35.2 Å². The van der Waals surface area contributed by atoms with Crippen LogP contribution in [0.25, 0.3) is 0 Å². The van der Waals surface area contributed by atoms with Crippen molar-refractivity contribution in [2.45, 2.75) is 43.7 Å². The van der Waals surface area contributed by atoms with Gasteiger partial charge in [0.05, 0.1) is 21.8 Å². The molecule has 0 spiro atoms. The first-order chi connectivity index (χ1) is 14.7. The van der Waals surface area contributed by atoms with Crippen LogP contribution in [0.2, 0.25) is 5.02 Å². The zero-order valence-electron chi connectivity index (χ0n) is 18.0. The summed E-state index contributed by atoms with van der Waals surface area (Å²) < 4.78 is 1.12. The maximum Gasteiger partial charge on any atom is 0.162 e. The minimum Gasteiger partial charge on any atom is -0.384 e. The van der Waals surface area contributed by atoms with E-state index in [0.29, 0.717) is 34.8 Å². The molecule has 0 bridgehead atoms. The summed E-state index contributed by atoms with van der Waals surface area (Å²) in [7, 11) is 0. The fourth-order valence-corrected chi connectivity index (χ4v) is 6.62. The van der Waals surface area contributed by atoms with Crippen molar-refractivity contribution in [3.63, 3.8) is 0 Å². The summed E-state index contributed by atoms with van der Waals surface area (Å²) in [5.74, 6) is 0.0425. The van der Waals surface area contributed by atoms with E-state index in [2.05, 4.69) is 32.9 Å². The van der Waals surface area contributed by atoms with Gasteiger partial charge >= 0.3 is 0 Å². The van der Waals surface area contributed by atoms with Crippen LogP contribution >= 0.6 is 34.7 Å². The molecule has 2 aromatic rings. The molecule has 0 amide bonds. The molecule has 2 N–H and O–H groups in total. The highest BCUT2D eigenvalue weighted by molar-refractivity contribution is 8.00. The van der Waals surface area contributed by atoms with E-state index in [-0.39, 0.29) is 11.2 Å². The number of aryl methyl sites for hydroxylation is 1. The van der Waals surface area contributed by atoms with Gasteiger partial charge in [-0.25, -0.2) is 0 Å². The first kappa shape index (κ1) is 22.0. The van der Waals surface area contributed by atoms with E-state index >= 15 is 0 Å². The summed E-state index contributed by atoms with van der Waals surface area (Å²) in [5, 5.41) is 10.8. The lowest BCUT2D eigenvalue weighted by Crippen LogP contribution is -2.42. The smallest absolute Gasteiger partial charge is 0.162 e. The monoisotopic (exact) mass is 469 g/mol. The largest absolute Gasteiger partial charge is 0.384 e. The number of allylic oxidation sites excluding steroid dienone is 3. The van der Waals surface area contributed by atoms with Crippen LogP contribution in [0.3, 0.4) is 0 Å². The number of anilines is 1. The molecule has 1 aromatic heterocycles. The second-order valence-electron chi connectivity index (χ2n) is 8.76. The number of benzene rings is 1. The number of carbonyl (C=O) groups excluding carboxylic acids is 1. The zero-order valence-corrected chi connectivity index (χ0v) is 20.3. The molecule has 0 unspecified atom stereocenters. The van der Waals surface area contributed by atoms with E-state index in [4.69, 9.17) is 17.3 Å². The molecule has 1 aliphatic carbocycles. The van der Waals surface area contributed by atoms with Gasteiger partial charge in [-0.05, 0) is 60.9 Å². The number of thioether (sulfide) groups is 1. The fraction of sp³-hybridized carbons (Fsp3) is 0.333. The molecule has 4 nitrogen and oxygen atoms in total. The molecule has 0 saturated heterocycles. The van der Waals surface area contributed by atoms with Crippen LogP contribution in [-0.2, 0) is 4.79 Å². The minimum absolute atomic E-state index is 0.0892. The number of carbonyl (C=O) groups is 1. The van der Waals surface area contributed by atoms with Gasteiger partial charge in [-0.1, -0.05) is 25.4 Å². The Morgan fingerprint density at radius 2 is 1.97 bits per heavy atom. The van der Waals surface area contributed by atoms with Crippen molar-refractivity contribution >= 4 is 46.2 Å². The van der Waals surface area contributed by atoms with Gasteiger partial charge in [-0.2, -0.15) is 5.26 Å². The molecule has 0 fully saturated rings. The highest BCUT2D eigenvalue weighted by Gasteiger charge is 2.45. The number of nitrogens with zero attached hydrogens (tertiary/aromatic N) is 2. The van der Waals surface area contributed by atoms with Gasteiger partial charge in [-0.15, -0.1) is 23.1 Å². The van der Waals surface area contributed by atoms with Gasteiger partial charge in [0.15, 0.2) is 5.78 Å². The molecule has 1 aromatic carbocycles. The van der Waals surface area contributed by atoms with E-state index in [1.807, 2.05) is 23.3 Å². The van der Waals surface area contributed by atoms with Crippen LogP contribution in [0.4, 0.5) is 5.69 Å². The Kier molecular flexibility index (Phi) is 5.72. The molecule has 7 heteroatoms. The summed E-state index contributed by atoms with van der Waals surface area (Å²) in [5.41, 5.74) is 10.3. The van der Waals surface area contributed by atoms with Crippen LogP contribution in [0.5, 0.6) is 0 Å². The summed E-state index contributed by atoms with van der Waals surface area (Å²) in [6.45, 7) is 6.26. The standard InChI is InChI=1S/C24H24ClN3OS2/c1-13-9-16(23(30-4)31-13)20-17(12-26)22(27)28(15-7-5-14(25)6-8-15)18-10-24(2,3)11-19(29)21(18)20/h5-9,20H,10-11,27H2,1-4H3/t20-/m0/s1. The molecule has 2 heterocycles. The second-order valence-corrected chi connectivity index (χ2v) is 11.5. The lowest BCUT2D eigenvalue weighted by molar-refractivity contribution is -0.118. The number of halogens is 1. The normalized spacial score (nSPS) is 20.7. The molecule has 160 valence electrons. The van der Waals surface area contributed by atoms with E-state index < -0.39 is 5.92 Å². The average molecular weight is 470 g/mol. The van der Waals surface area contributed by atoms with Crippen LogP contribution < -0.4 is 10.6 Å². The first-order valence-electron chi connectivity index (χ1n) is 10.0. The van der Waals surface area contributed by atoms with Gasteiger partial charge in [0.2, 0.25) is 0 Å². The van der Waals surface area contributed by atoms with Crippen molar-refractivity contribution in [2.24, 2.45) is 11.1 Å². The number of hydrogen-bond acceptors (Lipinski definition) is 6. The molecule has 1 aliphatic heterocycles. The highest BCUT2D eigenvalue weighted by atomic mass is 35.5. The maximum atomic E-state index is 13.6. The topological polar surface area (TPSA) is 70.1 Å². The molecule has 0 radical (unpaired) electrons. The maximum absolute atomic E-state index is 13.6. The quantitative estimate of drug-likeness (QED) is 0.528. The summed E-state index contributed by atoms with van der Waals surface area (Å²) in [6.07, 6.45) is 3.18. The molecule has 2 aliphatic rings. The summed E-state index contributed by atoms with van der Waals surface area (Å²) in [6, 6.07) is 11.8. The zero-order chi connectivity index (χ0) is 22.5. The van der Waals surface area contributed by atoms with Crippen LogP contribution in [0.15, 0.2) is 57.2 Å². The minimum atomic E-state index is -0.431. The van der Waals surface area contributed by atoms with Crippen molar-refractivity contribution in [3.8, 4) is 6.07 Å². The van der Waals surface area contributed by atoms with E-state index in [9.17, 15) is 10.1 Å². The van der Waals surface area contributed by atoms with Crippen molar-refractivity contribution in [2.75, 3.05) is 11.2 Å². The average Bonchev–Trinajstić information content (AvgIpc) is 3.07. The highest BCUT2D eigenvalue weighted by Crippen LogP contribution is 2.52. The van der Waals surface area contributed by atoms with Gasteiger partial charge in [0, 0.05) is 33.3 Å². The van der Waals surface area contributed by atoms with Crippen LogP contribution in [-0.4, -0.2) is 12.0 Å². The number of nitriles is 1. The van der Waals surface area contributed by atoms with Crippen molar-refractivity contribution < 1.29 is 4.79 Å². The second kappa shape index (κ2) is 8.05. The SMILES string of the molecule is CSc1sc(C)cc1[C@H]1C(C#N)=C(N)N(c2ccc(Cl)cc2)C2=C1C(=O)CC(C)(C)C2. The summed E-state index contributed by atoms with van der Waals surface area (Å²) in [4.78, 5) is 16.6. The predicted molar refractivity (Wildman–Crippen MR) is 129 cm³/mol. The Bertz CT molecular complexity index is 1170. The third-order valence-electron chi connectivity index (χ3n) is 5.81. The lowest BCUT2D eigenvalue weighted by Gasteiger charge is -2.43. The Balaban J connectivity index is 2.01. The number of Topliss-reactive ketones (excluding diaryl/α,β-unsaturated/α-hetero) is 1. The number of ketones is 1. The Labute approximate surface area is 196 Å². The molecule has 31 heavy (non-hydrogen) atoms. The number of nitrogens with two attached hydrogens (primary N) is 1. The molecule has 1 atom stereocenters. The first-order valence-corrected chi connectivity index (χ1v) is 12.4. The van der Waals surface area contributed by atoms with Gasteiger partial charge in [-0.3, -0.25) is 9.69 Å². The van der Waals surface area contributed by atoms with Gasteiger partial charge < -0.3 is 5.73 Å². The number of hydrogen-bond donors (Lipinski definition) is 1. The van der Waals surface area contributed by atoms with Crippen LogP contribution in [0.1, 0.15) is 43.0 Å². The lowest BCUT2D eigenvalue weighted by atomic mass is 9.69. The van der Waals surface area contributed by atoms with Gasteiger partial charge in [0.1, 0.15) is 5.82 Å². The van der Waals surface area contributed by atoms with Crippen LogP contribution in [0, 0.1) is 23.7 Å². The molecular weight excluding hydrogens is 446 g/mol. The third kappa shape index (κ3) is 3.80. The number of rotatable bonds is 3. The Hall–Kier alpha value is -2.20. The van der Waals surface area contributed by atoms with E-state index in [1.165, 1.54) is 0 Å². The predicted octanol–water partition coefficient (Wildman–Crippen LogP) is 6.37. The fourth-order valence-electron chi connectivity index (χ4n) is 4.58. The molecule has 4 rings (SSSR count). The third-order valence-corrected chi connectivity index (χ3v) is 8.28. The van der Waals surface area contributed by atoms with Crippen molar-refractivity contribution in [1.82, 2.24) is 0 Å². The van der Waals surface area contributed by atoms with E-state index in [0.717, 1.165) is 26.0 Å².